The molecule has 0 N–H and O–H groups in total. The third-order valence-electron chi connectivity index (χ3n) is 9.19. The van der Waals surface area contributed by atoms with Crippen molar-refractivity contribution in [2.75, 3.05) is 52.5 Å². The fourth-order valence-electron chi connectivity index (χ4n) is 6.07. The summed E-state index contributed by atoms with van der Waals surface area (Å²) < 4.78 is 12.2. The van der Waals surface area contributed by atoms with E-state index in [9.17, 15) is 0 Å². The van der Waals surface area contributed by atoms with Gasteiger partial charge in [0.15, 0.2) is 0 Å². The molecule has 0 fully saturated rings. The molecule has 0 atom stereocenters. The van der Waals surface area contributed by atoms with Crippen LogP contribution in [0.4, 0.5) is 0 Å². The minimum absolute atomic E-state index is 0.685. The highest BCUT2D eigenvalue weighted by Gasteiger charge is 2.07. The van der Waals surface area contributed by atoms with Crippen LogP contribution in [0.2, 0.25) is 0 Å². The van der Waals surface area contributed by atoms with E-state index in [-0.39, 0.29) is 0 Å². The van der Waals surface area contributed by atoms with Gasteiger partial charge in [0.25, 0.3) is 0 Å². The Balaban J connectivity index is 1.70. The van der Waals surface area contributed by atoms with Gasteiger partial charge in [-0.2, -0.15) is 0 Å². The Morgan fingerprint density at radius 1 is 0.370 bits per heavy atom. The third-order valence-corrected chi connectivity index (χ3v) is 9.19. The molecule has 0 saturated heterocycles. The van der Waals surface area contributed by atoms with Crippen molar-refractivity contribution in [2.45, 2.75) is 144 Å². The third kappa shape index (κ3) is 19.8. The molecule has 262 valence electrons. The van der Waals surface area contributed by atoms with Crippen LogP contribution in [0.15, 0.2) is 48.5 Å². The van der Waals surface area contributed by atoms with Gasteiger partial charge < -0.3 is 19.3 Å². The van der Waals surface area contributed by atoms with E-state index in [0.29, 0.717) is 13.2 Å². The Labute approximate surface area is 285 Å². The second kappa shape index (κ2) is 28.3. The molecule has 2 rings (SSSR count). The maximum Gasteiger partial charge on any atom is 0.0717 e. The van der Waals surface area contributed by atoms with Gasteiger partial charge in [-0.25, -0.2) is 0 Å². The molecule has 0 aliphatic rings. The van der Waals surface area contributed by atoms with Crippen LogP contribution >= 0.6 is 0 Å². The molecule has 0 amide bonds. The Morgan fingerprint density at radius 3 is 1.02 bits per heavy atom. The molecule has 4 heteroatoms. The molecule has 0 heterocycles. The number of unbranched alkanes of at least 4 members (excludes halogenated alkanes) is 12. The van der Waals surface area contributed by atoms with Gasteiger partial charge >= 0.3 is 0 Å². The van der Waals surface area contributed by atoms with Crippen molar-refractivity contribution < 1.29 is 9.47 Å². The largest absolute Gasteiger partial charge is 0.375 e. The van der Waals surface area contributed by atoms with E-state index in [1.54, 1.807) is 0 Å². The summed E-state index contributed by atoms with van der Waals surface area (Å²) in [6.07, 6.45) is 21.3. The summed E-state index contributed by atoms with van der Waals surface area (Å²) in [4.78, 5) is 5.25. The number of nitrogens with zero attached hydrogens (tertiary/aromatic N) is 2. The molecular formula is C42H72N2O2. The average Bonchev–Trinajstić information content (AvgIpc) is 3.08. The molecule has 4 nitrogen and oxygen atoms in total. The van der Waals surface area contributed by atoms with Gasteiger partial charge in [-0.05, 0) is 74.1 Å². The highest BCUT2D eigenvalue weighted by atomic mass is 16.5. The lowest BCUT2D eigenvalue weighted by atomic mass is 10.0. The van der Waals surface area contributed by atoms with Crippen molar-refractivity contribution in [3.63, 3.8) is 0 Å². The van der Waals surface area contributed by atoms with Gasteiger partial charge in [0.05, 0.1) is 26.4 Å². The minimum atomic E-state index is 0.685. The molecule has 0 unspecified atom stereocenters. The lowest BCUT2D eigenvalue weighted by molar-refractivity contribution is 0.0911. The average molecular weight is 637 g/mol. The quantitative estimate of drug-likeness (QED) is 0.0769. The molecule has 0 aliphatic heterocycles. The highest BCUT2D eigenvalue weighted by molar-refractivity contribution is 5.63. The lowest BCUT2D eigenvalue weighted by Gasteiger charge is -2.22. The van der Waals surface area contributed by atoms with E-state index < -0.39 is 0 Å². The molecule has 0 radical (unpaired) electrons. The van der Waals surface area contributed by atoms with Crippen molar-refractivity contribution in [3.05, 3.63) is 59.7 Å². The molecule has 0 aliphatic carbocycles. The van der Waals surface area contributed by atoms with Gasteiger partial charge in [-0.3, -0.25) is 0 Å². The van der Waals surface area contributed by atoms with Gasteiger partial charge in [0.1, 0.15) is 0 Å². The number of ether oxygens (including phenoxy) is 2. The van der Waals surface area contributed by atoms with Gasteiger partial charge in [0, 0.05) is 13.1 Å². The van der Waals surface area contributed by atoms with Crippen LogP contribution < -0.4 is 0 Å². The molecule has 2 aromatic rings. The van der Waals surface area contributed by atoms with Gasteiger partial charge in [-0.1, -0.05) is 153 Å². The first-order valence-corrected chi connectivity index (χ1v) is 19.5. The summed E-state index contributed by atoms with van der Waals surface area (Å²) in [5, 5.41) is 0. The standard InChI is InChI=1S/C42H72N2O2/c1-5-9-13-15-19-31-43(29-17-11-7-3)33-35-45-37-39-21-25-41(26-22-39)42-27-23-40(24-28-42)38-46-36-34-44(30-18-12-8-4)32-20-16-14-10-6-2/h21-28H,5-20,29-38H2,1-4H3. The summed E-state index contributed by atoms with van der Waals surface area (Å²) in [5.41, 5.74) is 5.00. The van der Waals surface area contributed by atoms with E-state index >= 15 is 0 Å². The zero-order valence-corrected chi connectivity index (χ0v) is 30.7. The van der Waals surface area contributed by atoms with E-state index in [2.05, 4.69) is 86.0 Å². The number of benzene rings is 2. The zero-order chi connectivity index (χ0) is 32.9. The Morgan fingerprint density at radius 2 is 0.674 bits per heavy atom. The van der Waals surface area contributed by atoms with E-state index in [0.717, 1.165) is 26.3 Å². The Kier molecular flexibility index (Phi) is 24.9. The van der Waals surface area contributed by atoms with E-state index in [1.807, 2.05) is 0 Å². The van der Waals surface area contributed by atoms with Crippen molar-refractivity contribution >= 4 is 0 Å². The molecule has 0 saturated carbocycles. The molecular weight excluding hydrogens is 564 g/mol. The predicted molar refractivity (Wildman–Crippen MR) is 201 cm³/mol. The molecule has 0 spiro atoms. The lowest BCUT2D eigenvalue weighted by Crippen LogP contribution is -2.30. The summed E-state index contributed by atoms with van der Waals surface area (Å²) in [7, 11) is 0. The summed E-state index contributed by atoms with van der Waals surface area (Å²) >= 11 is 0. The van der Waals surface area contributed by atoms with Crippen LogP contribution in [0.3, 0.4) is 0 Å². The summed E-state index contributed by atoms with van der Waals surface area (Å²) in [6.45, 7) is 19.1. The first-order valence-electron chi connectivity index (χ1n) is 19.5. The second-order valence-electron chi connectivity index (χ2n) is 13.4. The highest BCUT2D eigenvalue weighted by Crippen LogP contribution is 2.21. The van der Waals surface area contributed by atoms with Crippen LogP contribution in [0.25, 0.3) is 11.1 Å². The smallest absolute Gasteiger partial charge is 0.0717 e. The zero-order valence-electron chi connectivity index (χ0n) is 30.7. The fourth-order valence-corrected chi connectivity index (χ4v) is 6.07. The Hall–Kier alpha value is -1.72. The van der Waals surface area contributed by atoms with Crippen molar-refractivity contribution in [1.82, 2.24) is 9.80 Å². The topological polar surface area (TPSA) is 24.9 Å². The van der Waals surface area contributed by atoms with Crippen LogP contribution in [-0.4, -0.2) is 62.3 Å². The van der Waals surface area contributed by atoms with Crippen LogP contribution in [0.1, 0.15) is 142 Å². The Bertz CT molecular complexity index is 852. The molecule has 0 aromatic heterocycles. The molecule has 2 aromatic carbocycles. The predicted octanol–water partition coefficient (Wildman–Crippen LogP) is 11.3. The number of hydrogen-bond acceptors (Lipinski definition) is 4. The van der Waals surface area contributed by atoms with Gasteiger partial charge in [0.2, 0.25) is 0 Å². The first kappa shape index (κ1) is 40.5. The molecule has 46 heavy (non-hydrogen) atoms. The SMILES string of the molecule is CCCCCCCN(CCCCC)CCOCc1ccc(-c2ccc(COCCN(CCCCC)CCCCCCC)cc2)cc1. The van der Waals surface area contributed by atoms with Crippen molar-refractivity contribution in [1.29, 1.82) is 0 Å². The van der Waals surface area contributed by atoms with Crippen LogP contribution in [0, 0.1) is 0 Å². The maximum atomic E-state index is 6.12. The molecule has 0 bridgehead atoms. The normalized spacial score (nSPS) is 11.7. The second-order valence-corrected chi connectivity index (χ2v) is 13.4. The first-order chi connectivity index (χ1) is 22.7. The fraction of sp³-hybridized carbons (Fsp3) is 0.714. The maximum absolute atomic E-state index is 6.12. The van der Waals surface area contributed by atoms with Crippen LogP contribution in [-0.2, 0) is 22.7 Å². The van der Waals surface area contributed by atoms with Gasteiger partial charge in [-0.15, -0.1) is 0 Å². The van der Waals surface area contributed by atoms with E-state index in [1.165, 1.54) is 151 Å². The minimum Gasteiger partial charge on any atom is -0.375 e. The monoisotopic (exact) mass is 637 g/mol. The number of rotatable bonds is 31. The summed E-state index contributed by atoms with van der Waals surface area (Å²) in [5.74, 6) is 0. The summed E-state index contributed by atoms with van der Waals surface area (Å²) in [6, 6.07) is 17.8. The van der Waals surface area contributed by atoms with E-state index in [4.69, 9.17) is 9.47 Å². The van der Waals surface area contributed by atoms with Crippen molar-refractivity contribution in [2.24, 2.45) is 0 Å². The number of hydrogen-bond donors (Lipinski definition) is 0. The van der Waals surface area contributed by atoms with Crippen molar-refractivity contribution in [3.8, 4) is 11.1 Å². The van der Waals surface area contributed by atoms with Crippen LogP contribution in [0.5, 0.6) is 0 Å².